The highest BCUT2D eigenvalue weighted by molar-refractivity contribution is 6.15. The van der Waals surface area contributed by atoms with Crippen molar-refractivity contribution in [3.63, 3.8) is 0 Å². The van der Waals surface area contributed by atoms with E-state index in [2.05, 4.69) is 13.2 Å². The van der Waals surface area contributed by atoms with Crippen LogP contribution in [0.25, 0.3) is 12.2 Å². The predicted octanol–water partition coefficient (Wildman–Crippen LogP) is 5.66. The van der Waals surface area contributed by atoms with Crippen molar-refractivity contribution < 1.29 is 23.7 Å². The number of carbonyl (C=O) groups is 1. The van der Waals surface area contributed by atoms with Crippen molar-refractivity contribution in [2.24, 2.45) is 0 Å². The Balaban J connectivity index is 1.82. The lowest BCUT2D eigenvalue weighted by Gasteiger charge is -2.10. The molecule has 1 aliphatic rings. The summed E-state index contributed by atoms with van der Waals surface area (Å²) >= 11 is 0. The highest BCUT2D eigenvalue weighted by Gasteiger charge is 2.23. The van der Waals surface area contributed by atoms with Crippen LogP contribution in [-0.4, -0.2) is 33.2 Å². The highest BCUT2D eigenvalue weighted by Crippen LogP contribution is 2.34. The zero-order chi connectivity index (χ0) is 22.9. The molecule has 0 N–H and O–H groups in total. The average molecular weight is 433 g/mol. The Kier molecular flexibility index (Phi) is 7.92. The van der Waals surface area contributed by atoms with Gasteiger partial charge in [0.05, 0.1) is 14.2 Å². The van der Waals surface area contributed by atoms with Gasteiger partial charge in [-0.1, -0.05) is 37.4 Å². The number of rotatable bonds is 10. The standard InChI is InChI=1S/C27H28O5/c1-5-13-31-25-17-19(7-11-23(25)29-3)15-21-9-10-22(27(21)28)16-20-8-12-24(30-4)26(18-20)32-14-6-2/h5-8,11-12,15-18H,1-2,9-10,13-14H2,3-4H3/b21-15+,22-16+. The van der Waals surface area contributed by atoms with Crippen LogP contribution in [-0.2, 0) is 4.79 Å². The van der Waals surface area contributed by atoms with Crippen LogP contribution < -0.4 is 18.9 Å². The first-order valence-electron chi connectivity index (χ1n) is 10.4. The summed E-state index contributed by atoms with van der Waals surface area (Å²) in [4.78, 5) is 13.0. The molecule has 1 saturated carbocycles. The Morgan fingerprint density at radius 3 is 1.56 bits per heavy atom. The van der Waals surface area contributed by atoms with Crippen LogP contribution in [0.2, 0.25) is 0 Å². The fraction of sp³-hybridized carbons (Fsp3) is 0.222. The summed E-state index contributed by atoms with van der Waals surface area (Å²) in [6.45, 7) is 8.10. The van der Waals surface area contributed by atoms with Gasteiger partial charge < -0.3 is 18.9 Å². The third-order valence-corrected chi connectivity index (χ3v) is 5.02. The quantitative estimate of drug-likeness (QED) is 0.358. The van der Waals surface area contributed by atoms with E-state index in [1.807, 2.05) is 48.6 Å². The molecule has 0 spiro atoms. The minimum absolute atomic E-state index is 0.0544. The molecule has 2 aromatic rings. The maximum absolute atomic E-state index is 13.0. The zero-order valence-corrected chi connectivity index (χ0v) is 18.6. The van der Waals surface area contributed by atoms with E-state index in [0.717, 1.165) is 22.3 Å². The summed E-state index contributed by atoms with van der Waals surface area (Å²) in [6.07, 6.45) is 8.56. The van der Waals surface area contributed by atoms with Crippen molar-refractivity contribution in [3.05, 3.63) is 84.0 Å². The van der Waals surface area contributed by atoms with Gasteiger partial charge in [0.2, 0.25) is 0 Å². The SMILES string of the molecule is C=CCOc1cc(/C=C2\CC/C(=C\c3ccc(OC)c(OCC=C)c3)C2=O)ccc1OC. The smallest absolute Gasteiger partial charge is 0.185 e. The molecule has 5 heteroatoms. The van der Waals surface area contributed by atoms with Crippen molar-refractivity contribution in [2.75, 3.05) is 27.4 Å². The lowest BCUT2D eigenvalue weighted by atomic mass is 10.1. The minimum atomic E-state index is 0.0544. The van der Waals surface area contributed by atoms with Crippen LogP contribution in [0.15, 0.2) is 72.9 Å². The molecular weight excluding hydrogens is 404 g/mol. The Bertz CT molecular complexity index is 978. The van der Waals surface area contributed by atoms with Crippen molar-refractivity contribution in [3.8, 4) is 23.0 Å². The molecule has 166 valence electrons. The molecule has 1 fully saturated rings. The molecule has 0 bridgehead atoms. The molecule has 0 unspecified atom stereocenters. The first-order valence-corrected chi connectivity index (χ1v) is 10.4. The predicted molar refractivity (Wildman–Crippen MR) is 128 cm³/mol. The highest BCUT2D eigenvalue weighted by atomic mass is 16.5. The molecule has 1 aliphatic carbocycles. The van der Waals surface area contributed by atoms with Crippen LogP contribution in [0.5, 0.6) is 23.0 Å². The van der Waals surface area contributed by atoms with Gasteiger partial charge in [-0.15, -0.1) is 0 Å². The first kappa shape index (κ1) is 22.9. The van der Waals surface area contributed by atoms with E-state index in [9.17, 15) is 4.79 Å². The lowest BCUT2D eigenvalue weighted by molar-refractivity contribution is -0.111. The maximum atomic E-state index is 13.0. The Morgan fingerprint density at radius 2 is 1.19 bits per heavy atom. The van der Waals surface area contributed by atoms with E-state index in [0.29, 0.717) is 49.1 Å². The Labute approximate surface area is 189 Å². The van der Waals surface area contributed by atoms with E-state index < -0.39 is 0 Å². The molecule has 0 heterocycles. The molecule has 0 aliphatic heterocycles. The second-order valence-electron chi connectivity index (χ2n) is 7.19. The average Bonchev–Trinajstić information content (AvgIpc) is 3.15. The number of carbonyl (C=O) groups excluding carboxylic acids is 1. The number of methoxy groups -OCH3 is 2. The van der Waals surface area contributed by atoms with Crippen molar-refractivity contribution in [2.45, 2.75) is 12.8 Å². The van der Waals surface area contributed by atoms with Crippen LogP contribution >= 0.6 is 0 Å². The topological polar surface area (TPSA) is 54.0 Å². The second kappa shape index (κ2) is 11.0. The number of Topliss-reactive ketones (excluding diaryl/α,β-unsaturated/α-hetero) is 1. The van der Waals surface area contributed by atoms with Gasteiger partial charge in [-0.05, 0) is 60.4 Å². The minimum Gasteiger partial charge on any atom is -0.493 e. The first-order chi connectivity index (χ1) is 15.6. The number of hydrogen-bond acceptors (Lipinski definition) is 5. The van der Waals surface area contributed by atoms with E-state index in [1.54, 1.807) is 26.4 Å². The largest absolute Gasteiger partial charge is 0.493 e. The summed E-state index contributed by atoms with van der Waals surface area (Å²) in [5, 5.41) is 0. The molecule has 0 saturated heterocycles. The van der Waals surface area contributed by atoms with Gasteiger partial charge in [-0.25, -0.2) is 0 Å². The monoisotopic (exact) mass is 432 g/mol. The van der Waals surface area contributed by atoms with Crippen LogP contribution in [0.3, 0.4) is 0 Å². The van der Waals surface area contributed by atoms with Crippen LogP contribution in [0.4, 0.5) is 0 Å². The Hall–Kier alpha value is -3.73. The van der Waals surface area contributed by atoms with Crippen molar-refractivity contribution in [1.29, 1.82) is 0 Å². The van der Waals surface area contributed by atoms with Gasteiger partial charge in [0, 0.05) is 11.1 Å². The summed E-state index contributed by atoms with van der Waals surface area (Å²) in [6, 6.07) is 11.2. The normalized spacial score (nSPS) is 15.6. The summed E-state index contributed by atoms with van der Waals surface area (Å²) < 4.78 is 22.0. The number of ether oxygens (including phenoxy) is 4. The molecule has 0 radical (unpaired) electrons. The fourth-order valence-corrected chi connectivity index (χ4v) is 3.47. The van der Waals surface area contributed by atoms with Gasteiger partial charge in [-0.3, -0.25) is 4.79 Å². The van der Waals surface area contributed by atoms with E-state index in [1.165, 1.54) is 0 Å². The van der Waals surface area contributed by atoms with Crippen molar-refractivity contribution in [1.82, 2.24) is 0 Å². The van der Waals surface area contributed by atoms with E-state index >= 15 is 0 Å². The van der Waals surface area contributed by atoms with Gasteiger partial charge in [0.1, 0.15) is 13.2 Å². The molecule has 0 amide bonds. The zero-order valence-electron chi connectivity index (χ0n) is 18.6. The lowest BCUT2D eigenvalue weighted by Crippen LogP contribution is -1.98. The van der Waals surface area contributed by atoms with Crippen LogP contribution in [0, 0.1) is 0 Å². The molecule has 0 atom stereocenters. The van der Waals surface area contributed by atoms with Crippen molar-refractivity contribution >= 4 is 17.9 Å². The number of allylic oxidation sites excluding steroid dienone is 2. The molecule has 32 heavy (non-hydrogen) atoms. The summed E-state index contributed by atoms with van der Waals surface area (Å²) in [7, 11) is 3.19. The molecule has 5 nitrogen and oxygen atoms in total. The van der Waals surface area contributed by atoms with Gasteiger partial charge >= 0.3 is 0 Å². The molecular formula is C27H28O5. The Morgan fingerprint density at radius 1 is 0.750 bits per heavy atom. The van der Waals surface area contributed by atoms with E-state index in [4.69, 9.17) is 18.9 Å². The number of ketones is 1. The van der Waals surface area contributed by atoms with E-state index in [-0.39, 0.29) is 5.78 Å². The van der Waals surface area contributed by atoms with Gasteiger partial charge in [0.25, 0.3) is 0 Å². The number of hydrogen-bond donors (Lipinski definition) is 0. The molecule has 0 aromatic heterocycles. The summed E-state index contributed by atoms with van der Waals surface area (Å²) in [5.41, 5.74) is 3.32. The van der Waals surface area contributed by atoms with Crippen LogP contribution in [0.1, 0.15) is 24.0 Å². The van der Waals surface area contributed by atoms with Gasteiger partial charge in [0.15, 0.2) is 28.8 Å². The van der Waals surface area contributed by atoms with Gasteiger partial charge in [-0.2, -0.15) is 0 Å². The third-order valence-electron chi connectivity index (χ3n) is 5.02. The maximum Gasteiger partial charge on any atom is 0.185 e. The molecule has 2 aromatic carbocycles. The molecule has 3 rings (SSSR count). The third kappa shape index (κ3) is 5.49. The summed E-state index contributed by atoms with van der Waals surface area (Å²) in [5.74, 6) is 2.57. The number of benzene rings is 2. The second-order valence-corrected chi connectivity index (χ2v) is 7.19. The fourth-order valence-electron chi connectivity index (χ4n) is 3.47.